The average molecular weight is 284 g/mol. The normalized spacial score (nSPS) is 10.5. The largest absolute Gasteiger partial charge is 0.395 e. The number of nitrogens with one attached hydrogen (secondary N) is 1. The summed E-state index contributed by atoms with van der Waals surface area (Å²) < 4.78 is 0. The van der Waals surface area contributed by atoms with E-state index in [0.717, 1.165) is 42.7 Å². The van der Waals surface area contributed by atoms with Crippen LogP contribution in [0.15, 0.2) is 11.2 Å². The van der Waals surface area contributed by atoms with Crippen molar-refractivity contribution in [1.29, 1.82) is 0 Å². The lowest BCUT2D eigenvalue weighted by atomic mass is 10.3. The smallest absolute Gasteiger partial charge is 0.191 e. The van der Waals surface area contributed by atoms with Gasteiger partial charge in [0.1, 0.15) is 11.6 Å². The van der Waals surface area contributed by atoms with Crippen molar-refractivity contribution in [2.45, 2.75) is 31.8 Å². The van der Waals surface area contributed by atoms with Gasteiger partial charge in [-0.1, -0.05) is 25.6 Å². The van der Waals surface area contributed by atoms with Crippen LogP contribution in [0, 0.1) is 0 Å². The minimum absolute atomic E-state index is 0.135. The van der Waals surface area contributed by atoms with Gasteiger partial charge < -0.3 is 15.3 Å². The molecule has 0 spiro atoms. The first-order valence-electron chi connectivity index (χ1n) is 6.77. The predicted octanol–water partition coefficient (Wildman–Crippen LogP) is 2.23. The maximum atomic E-state index is 9.16. The Balaban J connectivity index is 2.95. The summed E-state index contributed by atoms with van der Waals surface area (Å²) in [6.07, 6.45) is 4.05. The van der Waals surface area contributed by atoms with Gasteiger partial charge in [-0.25, -0.2) is 9.97 Å². The van der Waals surface area contributed by atoms with Gasteiger partial charge in [-0.05, 0) is 19.1 Å². The van der Waals surface area contributed by atoms with Crippen LogP contribution in [0.4, 0.5) is 11.6 Å². The van der Waals surface area contributed by atoms with E-state index < -0.39 is 0 Å². The van der Waals surface area contributed by atoms with Crippen LogP contribution in [0.5, 0.6) is 0 Å². The standard InChI is InChI=1S/C13H24N4OS/c1-4-6-14-11-10-12(16-13(15-11)19-3)17(7-5-2)8-9-18/h10,18H,4-9H2,1-3H3,(H,14,15,16). The molecule has 108 valence electrons. The molecule has 1 heterocycles. The van der Waals surface area contributed by atoms with Crippen molar-refractivity contribution >= 4 is 23.4 Å². The Morgan fingerprint density at radius 2 is 2.05 bits per heavy atom. The zero-order valence-electron chi connectivity index (χ0n) is 12.0. The molecule has 1 aromatic heterocycles. The number of hydrogen-bond donors (Lipinski definition) is 2. The third-order valence-corrected chi connectivity index (χ3v) is 3.17. The fourth-order valence-corrected chi connectivity index (χ4v) is 2.12. The predicted molar refractivity (Wildman–Crippen MR) is 82.2 cm³/mol. The van der Waals surface area contributed by atoms with Crippen molar-refractivity contribution in [3.63, 3.8) is 0 Å². The van der Waals surface area contributed by atoms with E-state index in [1.54, 1.807) is 0 Å². The van der Waals surface area contributed by atoms with Gasteiger partial charge >= 0.3 is 0 Å². The lowest BCUT2D eigenvalue weighted by molar-refractivity contribution is 0.301. The summed E-state index contributed by atoms with van der Waals surface area (Å²) in [6.45, 7) is 6.77. The summed E-state index contributed by atoms with van der Waals surface area (Å²) in [5.41, 5.74) is 0. The second-order valence-corrected chi connectivity index (χ2v) is 5.01. The van der Waals surface area contributed by atoms with Crippen LogP contribution >= 0.6 is 11.8 Å². The summed E-state index contributed by atoms with van der Waals surface area (Å²) in [4.78, 5) is 11.1. The number of aromatic nitrogens is 2. The van der Waals surface area contributed by atoms with Gasteiger partial charge in [0, 0.05) is 25.7 Å². The van der Waals surface area contributed by atoms with Crippen molar-refractivity contribution in [3.8, 4) is 0 Å². The Morgan fingerprint density at radius 3 is 2.63 bits per heavy atom. The van der Waals surface area contributed by atoms with E-state index in [1.165, 1.54) is 11.8 Å². The van der Waals surface area contributed by atoms with Crippen molar-refractivity contribution < 1.29 is 5.11 Å². The molecule has 6 heteroatoms. The van der Waals surface area contributed by atoms with Crippen LogP contribution in [-0.2, 0) is 0 Å². The van der Waals surface area contributed by atoms with Crippen LogP contribution in [0.3, 0.4) is 0 Å². The third kappa shape index (κ3) is 5.24. The Kier molecular flexibility index (Phi) is 7.59. The summed E-state index contributed by atoms with van der Waals surface area (Å²) in [7, 11) is 0. The van der Waals surface area contributed by atoms with Crippen LogP contribution in [0.25, 0.3) is 0 Å². The summed E-state index contributed by atoms with van der Waals surface area (Å²) in [6, 6.07) is 1.96. The number of aliphatic hydroxyl groups excluding tert-OH is 1. The molecule has 0 bridgehead atoms. The summed E-state index contributed by atoms with van der Waals surface area (Å²) in [5, 5.41) is 13.2. The Labute approximate surface area is 119 Å². The Bertz CT molecular complexity index is 370. The first kappa shape index (κ1) is 16.0. The van der Waals surface area contributed by atoms with E-state index in [4.69, 9.17) is 5.11 Å². The Hall–Kier alpha value is -1.01. The lowest BCUT2D eigenvalue weighted by Crippen LogP contribution is -2.28. The van der Waals surface area contributed by atoms with E-state index in [9.17, 15) is 0 Å². The van der Waals surface area contributed by atoms with E-state index in [0.29, 0.717) is 6.54 Å². The minimum atomic E-state index is 0.135. The highest BCUT2D eigenvalue weighted by molar-refractivity contribution is 7.98. The van der Waals surface area contributed by atoms with Crippen molar-refractivity contribution in [1.82, 2.24) is 9.97 Å². The fraction of sp³-hybridized carbons (Fsp3) is 0.692. The highest BCUT2D eigenvalue weighted by Gasteiger charge is 2.10. The second-order valence-electron chi connectivity index (χ2n) is 4.24. The molecule has 0 aliphatic heterocycles. The van der Waals surface area contributed by atoms with Crippen LogP contribution in [-0.4, -0.2) is 47.6 Å². The number of anilines is 2. The molecule has 0 amide bonds. The molecule has 0 saturated carbocycles. The van der Waals surface area contributed by atoms with E-state index in [1.807, 2.05) is 12.3 Å². The molecule has 0 aromatic carbocycles. The number of thioether (sulfide) groups is 1. The zero-order chi connectivity index (χ0) is 14.1. The molecule has 0 unspecified atom stereocenters. The molecule has 19 heavy (non-hydrogen) atoms. The summed E-state index contributed by atoms with van der Waals surface area (Å²) in [5.74, 6) is 1.74. The molecule has 0 aliphatic carbocycles. The van der Waals surface area contributed by atoms with Gasteiger partial charge in [0.15, 0.2) is 5.16 Å². The molecule has 0 fully saturated rings. The number of aliphatic hydroxyl groups is 1. The lowest BCUT2D eigenvalue weighted by Gasteiger charge is -2.23. The number of hydrogen-bond acceptors (Lipinski definition) is 6. The molecule has 1 aromatic rings. The van der Waals surface area contributed by atoms with Gasteiger partial charge in [0.2, 0.25) is 0 Å². The average Bonchev–Trinajstić information content (AvgIpc) is 2.44. The van der Waals surface area contributed by atoms with Crippen molar-refractivity contribution in [2.24, 2.45) is 0 Å². The second kappa shape index (κ2) is 8.98. The molecule has 5 nitrogen and oxygen atoms in total. The van der Waals surface area contributed by atoms with Crippen molar-refractivity contribution in [3.05, 3.63) is 6.07 Å². The van der Waals surface area contributed by atoms with Gasteiger partial charge in [-0.3, -0.25) is 0 Å². The van der Waals surface area contributed by atoms with Crippen molar-refractivity contribution in [2.75, 3.05) is 42.7 Å². The molecule has 2 N–H and O–H groups in total. The maximum absolute atomic E-state index is 9.16. The molecule has 1 rings (SSSR count). The van der Waals surface area contributed by atoms with E-state index in [-0.39, 0.29) is 6.61 Å². The van der Waals surface area contributed by atoms with Crippen LogP contribution in [0.2, 0.25) is 0 Å². The molecular weight excluding hydrogens is 260 g/mol. The first-order chi connectivity index (χ1) is 9.24. The molecule has 0 saturated heterocycles. The maximum Gasteiger partial charge on any atom is 0.191 e. The topological polar surface area (TPSA) is 61.3 Å². The van der Waals surface area contributed by atoms with Gasteiger partial charge in [0.25, 0.3) is 0 Å². The van der Waals surface area contributed by atoms with Crippen LogP contribution in [0.1, 0.15) is 26.7 Å². The highest BCUT2D eigenvalue weighted by Crippen LogP contribution is 2.20. The minimum Gasteiger partial charge on any atom is -0.395 e. The third-order valence-electron chi connectivity index (χ3n) is 2.62. The molecule has 0 aliphatic rings. The quantitative estimate of drug-likeness (QED) is 0.535. The first-order valence-corrected chi connectivity index (χ1v) is 8.00. The number of rotatable bonds is 9. The number of nitrogens with zero attached hydrogens (tertiary/aromatic N) is 3. The van der Waals surface area contributed by atoms with Gasteiger partial charge in [-0.2, -0.15) is 0 Å². The summed E-state index contributed by atoms with van der Waals surface area (Å²) >= 11 is 1.53. The van der Waals surface area contributed by atoms with Gasteiger partial charge in [-0.15, -0.1) is 0 Å². The SMILES string of the molecule is CCCNc1cc(N(CCC)CCO)nc(SC)n1. The molecule has 0 atom stereocenters. The van der Waals surface area contributed by atoms with Gasteiger partial charge in [0.05, 0.1) is 6.61 Å². The van der Waals surface area contributed by atoms with E-state index >= 15 is 0 Å². The van der Waals surface area contributed by atoms with E-state index in [2.05, 4.69) is 34.0 Å². The highest BCUT2D eigenvalue weighted by atomic mass is 32.2. The zero-order valence-corrected chi connectivity index (χ0v) is 12.8. The molecular formula is C13H24N4OS. The fourth-order valence-electron chi connectivity index (χ4n) is 1.74. The Morgan fingerprint density at radius 1 is 1.26 bits per heavy atom. The van der Waals surface area contributed by atoms with Crippen LogP contribution < -0.4 is 10.2 Å². The monoisotopic (exact) mass is 284 g/mol. The molecule has 0 radical (unpaired) electrons.